The van der Waals surface area contributed by atoms with Crippen molar-refractivity contribution in [2.24, 2.45) is 0 Å². The third-order valence-corrected chi connectivity index (χ3v) is 4.26. The molecule has 6 heteroatoms. The largest absolute Gasteiger partial charge is 0.376 e. The summed E-state index contributed by atoms with van der Waals surface area (Å²) in [6.07, 6.45) is 0. The number of carbonyl (C=O) groups excluding carboxylic acids is 1. The molecule has 0 atom stereocenters. The zero-order chi connectivity index (χ0) is 17.2. The van der Waals surface area contributed by atoms with E-state index in [0.29, 0.717) is 23.4 Å². The molecule has 1 amide bonds. The summed E-state index contributed by atoms with van der Waals surface area (Å²) >= 11 is 1.58. The second-order valence-electron chi connectivity index (χ2n) is 5.04. The van der Waals surface area contributed by atoms with Crippen LogP contribution in [0, 0.1) is 17.1 Å². The maximum atomic E-state index is 13.4. The minimum absolute atomic E-state index is 0.106. The van der Waals surface area contributed by atoms with Crippen molar-refractivity contribution in [2.45, 2.75) is 5.75 Å². The lowest BCUT2D eigenvalue weighted by molar-refractivity contribution is -0.119. The first kappa shape index (κ1) is 17.8. The number of nitrogens with zero attached hydrogens (tertiary/aromatic N) is 1. The van der Waals surface area contributed by atoms with E-state index in [-0.39, 0.29) is 18.3 Å². The van der Waals surface area contributed by atoms with Crippen molar-refractivity contribution in [3.8, 4) is 6.07 Å². The number of nitrogens with one attached hydrogen (secondary N) is 2. The number of thioether (sulfide) groups is 1. The second-order valence-corrected chi connectivity index (χ2v) is 6.14. The maximum absolute atomic E-state index is 13.4. The lowest BCUT2D eigenvalue weighted by Gasteiger charge is -2.08. The van der Waals surface area contributed by atoms with Crippen LogP contribution in [0.5, 0.6) is 0 Å². The fourth-order valence-corrected chi connectivity index (χ4v) is 2.81. The van der Waals surface area contributed by atoms with Gasteiger partial charge >= 0.3 is 0 Å². The van der Waals surface area contributed by atoms with Gasteiger partial charge in [0.25, 0.3) is 0 Å². The van der Waals surface area contributed by atoms with Crippen LogP contribution in [0.4, 0.5) is 10.1 Å². The van der Waals surface area contributed by atoms with Crippen molar-refractivity contribution in [3.05, 3.63) is 65.5 Å². The van der Waals surface area contributed by atoms with E-state index in [1.165, 1.54) is 6.07 Å². The molecule has 0 aromatic heterocycles. The summed E-state index contributed by atoms with van der Waals surface area (Å²) in [7, 11) is 0. The molecular formula is C18H18FN3OS. The SMILES string of the molecule is N#Cc1ccc(NCC(=O)NCCSCc2ccccc2F)cc1. The van der Waals surface area contributed by atoms with Crippen LogP contribution in [0.15, 0.2) is 48.5 Å². The average molecular weight is 343 g/mol. The smallest absolute Gasteiger partial charge is 0.239 e. The van der Waals surface area contributed by atoms with Gasteiger partial charge in [-0.25, -0.2) is 4.39 Å². The molecule has 2 aromatic rings. The summed E-state index contributed by atoms with van der Waals surface area (Å²) in [4.78, 5) is 11.7. The molecular weight excluding hydrogens is 325 g/mol. The Hall–Kier alpha value is -2.52. The molecule has 0 saturated heterocycles. The van der Waals surface area contributed by atoms with E-state index in [1.807, 2.05) is 12.1 Å². The molecule has 2 aromatic carbocycles. The van der Waals surface area contributed by atoms with Crippen molar-refractivity contribution in [1.82, 2.24) is 5.32 Å². The Kier molecular flexibility index (Phi) is 7.12. The predicted molar refractivity (Wildman–Crippen MR) is 95.2 cm³/mol. The molecule has 2 N–H and O–H groups in total. The van der Waals surface area contributed by atoms with Gasteiger partial charge in [0.15, 0.2) is 0 Å². The molecule has 4 nitrogen and oxygen atoms in total. The third kappa shape index (κ3) is 5.94. The number of benzene rings is 2. The molecule has 0 unspecified atom stereocenters. The highest BCUT2D eigenvalue weighted by atomic mass is 32.2. The summed E-state index contributed by atoms with van der Waals surface area (Å²) in [6.45, 7) is 0.705. The molecule has 124 valence electrons. The Balaban J connectivity index is 1.59. The standard InChI is InChI=1S/C18H18FN3OS/c19-17-4-2-1-3-15(17)13-24-10-9-21-18(23)12-22-16-7-5-14(11-20)6-8-16/h1-8,22H,9-10,12-13H2,(H,21,23). The van der Waals surface area contributed by atoms with Gasteiger partial charge in [0.2, 0.25) is 5.91 Å². The van der Waals surface area contributed by atoms with Gasteiger partial charge < -0.3 is 10.6 Å². The fraction of sp³-hybridized carbons (Fsp3) is 0.222. The molecule has 0 bridgehead atoms. The maximum Gasteiger partial charge on any atom is 0.239 e. The highest BCUT2D eigenvalue weighted by Gasteiger charge is 2.03. The number of nitriles is 1. The molecule has 0 heterocycles. The lowest BCUT2D eigenvalue weighted by Crippen LogP contribution is -2.31. The minimum Gasteiger partial charge on any atom is -0.376 e. The quantitative estimate of drug-likeness (QED) is 0.723. The normalized spacial score (nSPS) is 10.0. The number of hydrogen-bond acceptors (Lipinski definition) is 4. The topological polar surface area (TPSA) is 64.9 Å². The Labute approximate surface area is 145 Å². The number of amides is 1. The van der Waals surface area contributed by atoms with E-state index in [0.717, 1.165) is 11.4 Å². The molecule has 0 spiro atoms. The van der Waals surface area contributed by atoms with Gasteiger partial charge in [0.1, 0.15) is 5.82 Å². The van der Waals surface area contributed by atoms with E-state index < -0.39 is 0 Å². The Morgan fingerprint density at radius 1 is 1.17 bits per heavy atom. The van der Waals surface area contributed by atoms with Crippen molar-refractivity contribution in [2.75, 3.05) is 24.2 Å². The van der Waals surface area contributed by atoms with Crippen LogP contribution in [0.2, 0.25) is 0 Å². The van der Waals surface area contributed by atoms with Crippen LogP contribution in [-0.4, -0.2) is 24.7 Å². The Bertz CT molecular complexity index is 713. The van der Waals surface area contributed by atoms with Crippen LogP contribution in [-0.2, 0) is 10.5 Å². The number of hydrogen-bond donors (Lipinski definition) is 2. The molecule has 0 saturated carbocycles. The lowest BCUT2D eigenvalue weighted by atomic mass is 10.2. The number of rotatable bonds is 8. The highest BCUT2D eigenvalue weighted by Crippen LogP contribution is 2.14. The minimum atomic E-state index is -0.194. The summed E-state index contributed by atoms with van der Waals surface area (Å²) in [5, 5.41) is 14.5. The van der Waals surface area contributed by atoms with E-state index >= 15 is 0 Å². The third-order valence-electron chi connectivity index (χ3n) is 3.25. The molecule has 0 aliphatic rings. The molecule has 0 aliphatic heterocycles. The first-order valence-electron chi connectivity index (χ1n) is 7.51. The molecule has 2 rings (SSSR count). The summed E-state index contributed by atoms with van der Waals surface area (Å²) in [5.41, 5.74) is 2.05. The van der Waals surface area contributed by atoms with Gasteiger partial charge in [0, 0.05) is 23.7 Å². The van der Waals surface area contributed by atoms with Gasteiger partial charge in [-0.1, -0.05) is 18.2 Å². The van der Waals surface area contributed by atoms with Crippen LogP contribution < -0.4 is 10.6 Å². The summed E-state index contributed by atoms with van der Waals surface area (Å²) in [6, 6.07) is 15.7. The molecule has 0 aliphatic carbocycles. The zero-order valence-corrected chi connectivity index (χ0v) is 13.9. The van der Waals surface area contributed by atoms with Crippen molar-refractivity contribution < 1.29 is 9.18 Å². The van der Waals surface area contributed by atoms with Crippen LogP contribution in [0.3, 0.4) is 0 Å². The summed E-state index contributed by atoms with van der Waals surface area (Å²) < 4.78 is 13.4. The first-order valence-corrected chi connectivity index (χ1v) is 8.66. The fourth-order valence-electron chi connectivity index (χ4n) is 1.97. The predicted octanol–water partition coefficient (Wildman–Crippen LogP) is 3.16. The van der Waals surface area contributed by atoms with Gasteiger partial charge in [-0.3, -0.25) is 4.79 Å². The molecule has 24 heavy (non-hydrogen) atoms. The Morgan fingerprint density at radius 2 is 1.92 bits per heavy atom. The first-order chi connectivity index (χ1) is 11.7. The van der Waals surface area contributed by atoms with Crippen molar-refractivity contribution in [3.63, 3.8) is 0 Å². The van der Waals surface area contributed by atoms with Crippen molar-refractivity contribution in [1.29, 1.82) is 5.26 Å². The van der Waals surface area contributed by atoms with Crippen LogP contribution >= 0.6 is 11.8 Å². The monoisotopic (exact) mass is 343 g/mol. The number of halogens is 1. The Morgan fingerprint density at radius 3 is 2.62 bits per heavy atom. The summed E-state index contributed by atoms with van der Waals surface area (Å²) in [5.74, 6) is 1.01. The van der Waals surface area contributed by atoms with Gasteiger partial charge in [-0.05, 0) is 35.9 Å². The van der Waals surface area contributed by atoms with E-state index in [9.17, 15) is 9.18 Å². The van der Waals surface area contributed by atoms with Crippen molar-refractivity contribution >= 4 is 23.4 Å². The van der Waals surface area contributed by atoms with E-state index in [1.54, 1.807) is 48.2 Å². The molecule has 0 radical (unpaired) electrons. The second kappa shape index (κ2) is 9.58. The van der Waals surface area contributed by atoms with E-state index in [2.05, 4.69) is 10.6 Å². The molecule has 0 fully saturated rings. The number of anilines is 1. The van der Waals surface area contributed by atoms with Gasteiger partial charge in [0.05, 0.1) is 18.2 Å². The highest BCUT2D eigenvalue weighted by molar-refractivity contribution is 7.98. The average Bonchev–Trinajstić information content (AvgIpc) is 2.61. The van der Waals surface area contributed by atoms with E-state index in [4.69, 9.17) is 5.26 Å². The van der Waals surface area contributed by atoms with Crippen LogP contribution in [0.1, 0.15) is 11.1 Å². The van der Waals surface area contributed by atoms with Gasteiger partial charge in [-0.15, -0.1) is 0 Å². The number of carbonyl (C=O) groups is 1. The van der Waals surface area contributed by atoms with Gasteiger partial charge in [-0.2, -0.15) is 17.0 Å². The zero-order valence-electron chi connectivity index (χ0n) is 13.1. The van der Waals surface area contributed by atoms with Crippen LogP contribution in [0.25, 0.3) is 0 Å².